The van der Waals surface area contributed by atoms with E-state index in [0.717, 1.165) is 5.56 Å². The molecule has 1 aromatic rings. The zero-order valence-corrected chi connectivity index (χ0v) is 15.4. The standard InChI is InChI=1S/C19H22N2O6/c1-4-26-18(23)17-12(2)20-19(24)21-15(17)11-27-16(22)9-8-13-6-5-7-14(10-13)25-3/h5-10,12,17H,4,11H2,1-3H3,(H,20,24)/b9-8+. The third-order valence-electron chi connectivity index (χ3n) is 3.86. The molecule has 8 nitrogen and oxygen atoms in total. The molecule has 1 heterocycles. The van der Waals surface area contributed by atoms with Crippen LogP contribution >= 0.6 is 0 Å². The molecule has 0 fully saturated rings. The Morgan fingerprint density at radius 3 is 2.78 bits per heavy atom. The van der Waals surface area contributed by atoms with Crippen molar-refractivity contribution in [3.63, 3.8) is 0 Å². The van der Waals surface area contributed by atoms with Crippen molar-refractivity contribution in [2.24, 2.45) is 10.9 Å². The minimum absolute atomic E-state index is 0.160. The number of nitrogens with zero attached hydrogens (tertiary/aromatic N) is 1. The molecular formula is C19H22N2O6. The largest absolute Gasteiger partial charge is 0.497 e. The van der Waals surface area contributed by atoms with Crippen molar-refractivity contribution in [1.29, 1.82) is 0 Å². The Morgan fingerprint density at radius 2 is 2.07 bits per heavy atom. The van der Waals surface area contributed by atoms with Gasteiger partial charge >= 0.3 is 18.0 Å². The van der Waals surface area contributed by atoms with Crippen molar-refractivity contribution < 1.29 is 28.6 Å². The smallest absolute Gasteiger partial charge is 0.341 e. The van der Waals surface area contributed by atoms with E-state index in [4.69, 9.17) is 14.2 Å². The van der Waals surface area contributed by atoms with Gasteiger partial charge in [0.25, 0.3) is 0 Å². The molecule has 2 atom stereocenters. The maximum atomic E-state index is 12.1. The van der Waals surface area contributed by atoms with Gasteiger partial charge in [-0.2, -0.15) is 4.99 Å². The molecule has 0 radical (unpaired) electrons. The number of hydrogen-bond donors (Lipinski definition) is 1. The van der Waals surface area contributed by atoms with Crippen LogP contribution in [-0.2, 0) is 19.1 Å². The number of hydrogen-bond acceptors (Lipinski definition) is 6. The second-order valence-electron chi connectivity index (χ2n) is 5.79. The summed E-state index contributed by atoms with van der Waals surface area (Å²) in [4.78, 5) is 39.5. The van der Waals surface area contributed by atoms with Gasteiger partial charge < -0.3 is 19.5 Å². The van der Waals surface area contributed by atoms with Crippen LogP contribution in [0, 0.1) is 5.92 Å². The number of carbonyl (C=O) groups excluding carboxylic acids is 3. The lowest BCUT2D eigenvalue weighted by Gasteiger charge is -2.27. The fourth-order valence-electron chi connectivity index (χ4n) is 2.60. The van der Waals surface area contributed by atoms with E-state index >= 15 is 0 Å². The Kier molecular flexibility index (Phi) is 7.10. The molecule has 2 unspecified atom stereocenters. The van der Waals surface area contributed by atoms with Crippen molar-refractivity contribution in [1.82, 2.24) is 5.32 Å². The van der Waals surface area contributed by atoms with Gasteiger partial charge in [-0.25, -0.2) is 9.59 Å². The number of nitrogens with one attached hydrogen (secondary N) is 1. The number of esters is 2. The van der Waals surface area contributed by atoms with E-state index in [1.807, 2.05) is 0 Å². The Morgan fingerprint density at radius 1 is 1.30 bits per heavy atom. The molecule has 0 bridgehead atoms. The van der Waals surface area contributed by atoms with Gasteiger partial charge in [0.2, 0.25) is 0 Å². The average Bonchev–Trinajstić information content (AvgIpc) is 2.64. The molecule has 27 heavy (non-hydrogen) atoms. The minimum atomic E-state index is -0.794. The predicted octanol–water partition coefficient (Wildman–Crippen LogP) is 1.98. The van der Waals surface area contributed by atoms with Gasteiger partial charge in [-0.3, -0.25) is 4.79 Å². The molecular weight excluding hydrogens is 352 g/mol. The van der Waals surface area contributed by atoms with E-state index in [2.05, 4.69) is 10.3 Å². The molecule has 2 amide bonds. The highest BCUT2D eigenvalue weighted by Gasteiger charge is 2.36. The monoisotopic (exact) mass is 374 g/mol. The Hall–Kier alpha value is -3.16. The molecule has 0 spiro atoms. The van der Waals surface area contributed by atoms with Gasteiger partial charge in [-0.1, -0.05) is 12.1 Å². The topological polar surface area (TPSA) is 103 Å². The van der Waals surface area contributed by atoms with Crippen LogP contribution in [0.15, 0.2) is 35.3 Å². The van der Waals surface area contributed by atoms with E-state index in [0.29, 0.717) is 5.75 Å². The van der Waals surface area contributed by atoms with Gasteiger partial charge in [-0.05, 0) is 37.6 Å². The van der Waals surface area contributed by atoms with E-state index in [-0.39, 0.29) is 18.9 Å². The second-order valence-corrected chi connectivity index (χ2v) is 5.79. The summed E-state index contributed by atoms with van der Waals surface area (Å²) < 4.78 is 15.3. The first-order chi connectivity index (χ1) is 12.9. The number of aliphatic imine (C=N–C) groups is 1. The molecule has 8 heteroatoms. The Balaban J connectivity index is 2.01. The first-order valence-electron chi connectivity index (χ1n) is 8.48. The first kappa shape index (κ1) is 20.2. The number of ether oxygens (including phenoxy) is 3. The number of amides is 2. The molecule has 144 valence electrons. The predicted molar refractivity (Wildman–Crippen MR) is 98.5 cm³/mol. The van der Waals surface area contributed by atoms with Gasteiger partial charge in [0.15, 0.2) is 0 Å². The van der Waals surface area contributed by atoms with Crippen molar-refractivity contribution in [3.05, 3.63) is 35.9 Å². The van der Waals surface area contributed by atoms with Crippen LogP contribution in [0.1, 0.15) is 19.4 Å². The summed E-state index contributed by atoms with van der Waals surface area (Å²) in [6.07, 6.45) is 2.83. The quantitative estimate of drug-likeness (QED) is 0.578. The fourth-order valence-corrected chi connectivity index (χ4v) is 2.60. The summed E-state index contributed by atoms with van der Waals surface area (Å²) >= 11 is 0. The van der Waals surface area contributed by atoms with E-state index in [1.165, 1.54) is 6.08 Å². The molecule has 1 N–H and O–H groups in total. The van der Waals surface area contributed by atoms with Crippen LogP contribution in [0.5, 0.6) is 5.75 Å². The molecule has 1 aliphatic heterocycles. The zero-order valence-electron chi connectivity index (χ0n) is 15.4. The van der Waals surface area contributed by atoms with Crippen LogP contribution in [-0.4, -0.2) is 50.0 Å². The average molecular weight is 374 g/mol. The fraction of sp³-hybridized carbons (Fsp3) is 0.368. The zero-order chi connectivity index (χ0) is 19.8. The number of urea groups is 1. The summed E-state index contributed by atoms with van der Waals surface area (Å²) in [5.41, 5.74) is 0.923. The SMILES string of the molecule is CCOC(=O)C1C(COC(=O)/C=C/c2cccc(OC)c2)=NC(=O)NC1C. The molecule has 0 saturated carbocycles. The van der Waals surface area contributed by atoms with Gasteiger partial charge in [0.1, 0.15) is 18.3 Å². The normalized spacial score (nSPS) is 19.2. The Bertz CT molecular complexity index is 771. The molecule has 1 aromatic carbocycles. The number of carbonyl (C=O) groups is 3. The van der Waals surface area contributed by atoms with Crippen molar-refractivity contribution in [2.75, 3.05) is 20.3 Å². The van der Waals surface area contributed by atoms with Gasteiger partial charge in [0.05, 0.1) is 19.4 Å². The lowest BCUT2D eigenvalue weighted by molar-refractivity contribution is -0.146. The highest BCUT2D eigenvalue weighted by atomic mass is 16.5. The molecule has 1 aliphatic rings. The van der Waals surface area contributed by atoms with Crippen molar-refractivity contribution in [2.45, 2.75) is 19.9 Å². The summed E-state index contributed by atoms with van der Waals surface area (Å²) in [6, 6.07) is 6.07. The lowest BCUT2D eigenvalue weighted by Crippen LogP contribution is -2.50. The number of benzene rings is 1. The summed E-state index contributed by atoms with van der Waals surface area (Å²) in [5, 5.41) is 2.55. The van der Waals surface area contributed by atoms with Crippen LogP contribution in [0.4, 0.5) is 4.79 Å². The maximum Gasteiger partial charge on any atom is 0.341 e. The van der Waals surface area contributed by atoms with Crippen LogP contribution < -0.4 is 10.1 Å². The van der Waals surface area contributed by atoms with E-state index < -0.39 is 29.9 Å². The molecule has 0 saturated heterocycles. The molecule has 0 aromatic heterocycles. The van der Waals surface area contributed by atoms with E-state index in [1.54, 1.807) is 51.3 Å². The third-order valence-corrected chi connectivity index (χ3v) is 3.86. The first-order valence-corrected chi connectivity index (χ1v) is 8.48. The van der Waals surface area contributed by atoms with Gasteiger partial charge in [0, 0.05) is 12.1 Å². The van der Waals surface area contributed by atoms with Crippen LogP contribution in [0.3, 0.4) is 0 Å². The van der Waals surface area contributed by atoms with Crippen molar-refractivity contribution >= 4 is 29.8 Å². The number of rotatable bonds is 7. The van der Waals surface area contributed by atoms with Crippen molar-refractivity contribution in [3.8, 4) is 5.75 Å². The van der Waals surface area contributed by atoms with Crippen LogP contribution in [0.2, 0.25) is 0 Å². The Labute approximate surface area is 157 Å². The highest BCUT2D eigenvalue weighted by molar-refractivity contribution is 6.10. The van der Waals surface area contributed by atoms with Gasteiger partial charge in [-0.15, -0.1) is 0 Å². The minimum Gasteiger partial charge on any atom is -0.497 e. The summed E-state index contributed by atoms with van der Waals surface area (Å²) in [6.45, 7) is 3.28. The summed E-state index contributed by atoms with van der Waals surface area (Å²) in [5.74, 6) is -1.27. The number of methoxy groups -OCH3 is 1. The van der Waals surface area contributed by atoms with Crippen LogP contribution in [0.25, 0.3) is 6.08 Å². The maximum absolute atomic E-state index is 12.1. The highest BCUT2D eigenvalue weighted by Crippen LogP contribution is 2.16. The molecule has 2 rings (SSSR count). The second kappa shape index (κ2) is 9.51. The molecule has 0 aliphatic carbocycles. The van der Waals surface area contributed by atoms with E-state index in [9.17, 15) is 14.4 Å². The summed E-state index contributed by atoms with van der Waals surface area (Å²) in [7, 11) is 1.55. The third kappa shape index (κ3) is 5.67. The lowest BCUT2D eigenvalue weighted by atomic mass is 9.94.